The number of hydrogen-bond acceptors (Lipinski definition) is 4. The number of hydrogen-bond donors (Lipinski definition) is 4. The fraction of sp³-hybridized carbons (Fsp3) is 0.375. The third-order valence-electron chi connectivity index (χ3n) is 5.31. The maximum Gasteiger partial charge on any atom is 0.251 e. The van der Waals surface area contributed by atoms with E-state index in [0.29, 0.717) is 17.7 Å². The zero-order valence-electron chi connectivity index (χ0n) is 17.9. The zero-order chi connectivity index (χ0) is 22.1. The van der Waals surface area contributed by atoms with Gasteiger partial charge in [-0.3, -0.25) is 14.4 Å². The van der Waals surface area contributed by atoms with Crippen molar-refractivity contribution < 1.29 is 14.4 Å². The first kappa shape index (κ1) is 22.3. The van der Waals surface area contributed by atoms with Gasteiger partial charge in [0.25, 0.3) is 5.91 Å². The summed E-state index contributed by atoms with van der Waals surface area (Å²) in [4.78, 5) is 36.0. The summed E-state index contributed by atoms with van der Waals surface area (Å²) in [6.45, 7) is 1.90. The Morgan fingerprint density at radius 3 is 1.94 bits per heavy atom. The van der Waals surface area contributed by atoms with Gasteiger partial charge in [0.15, 0.2) is 0 Å². The molecular formula is C24H30N4O3. The van der Waals surface area contributed by atoms with Crippen LogP contribution in [-0.2, 0) is 9.59 Å². The van der Waals surface area contributed by atoms with Gasteiger partial charge in [0, 0.05) is 35.1 Å². The lowest BCUT2D eigenvalue weighted by molar-refractivity contribution is -0.116. The fourth-order valence-corrected chi connectivity index (χ4v) is 3.53. The van der Waals surface area contributed by atoms with E-state index in [1.54, 1.807) is 55.5 Å². The Balaban J connectivity index is 1.43. The largest absolute Gasteiger partial charge is 0.376 e. The molecule has 0 aliphatic heterocycles. The quantitative estimate of drug-likeness (QED) is 0.514. The molecule has 0 heterocycles. The van der Waals surface area contributed by atoms with Gasteiger partial charge in [0.05, 0.1) is 6.54 Å². The maximum atomic E-state index is 12.4. The van der Waals surface area contributed by atoms with Crippen LogP contribution in [0.2, 0.25) is 0 Å². The van der Waals surface area contributed by atoms with Crippen LogP contribution in [0.4, 0.5) is 17.1 Å². The van der Waals surface area contributed by atoms with E-state index in [0.717, 1.165) is 24.2 Å². The van der Waals surface area contributed by atoms with Gasteiger partial charge in [-0.2, -0.15) is 0 Å². The Hall–Kier alpha value is -3.35. The van der Waals surface area contributed by atoms with E-state index in [1.165, 1.54) is 19.3 Å². The molecular weight excluding hydrogens is 392 g/mol. The molecule has 0 bridgehead atoms. The first-order valence-corrected chi connectivity index (χ1v) is 10.9. The van der Waals surface area contributed by atoms with E-state index in [-0.39, 0.29) is 30.3 Å². The lowest BCUT2D eigenvalue weighted by Gasteiger charge is -2.22. The second-order valence-electron chi connectivity index (χ2n) is 7.77. The minimum absolute atomic E-state index is 0.0439. The first-order valence-electron chi connectivity index (χ1n) is 10.9. The van der Waals surface area contributed by atoms with Crippen molar-refractivity contribution in [2.45, 2.75) is 51.5 Å². The number of benzene rings is 2. The number of anilines is 3. The van der Waals surface area contributed by atoms with Crippen LogP contribution in [-0.4, -0.2) is 30.3 Å². The van der Waals surface area contributed by atoms with E-state index >= 15 is 0 Å². The van der Waals surface area contributed by atoms with E-state index in [2.05, 4.69) is 21.3 Å². The highest BCUT2D eigenvalue weighted by molar-refractivity contribution is 5.97. The monoisotopic (exact) mass is 422 g/mol. The molecule has 7 heteroatoms. The summed E-state index contributed by atoms with van der Waals surface area (Å²) in [6.07, 6.45) is 6.10. The van der Waals surface area contributed by atoms with E-state index in [1.807, 2.05) is 0 Å². The molecule has 2 aromatic rings. The minimum atomic E-state index is -0.192. The molecule has 1 saturated carbocycles. The molecule has 0 unspecified atom stereocenters. The fourth-order valence-electron chi connectivity index (χ4n) is 3.53. The first-order chi connectivity index (χ1) is 15.0. The molecule has 164 valence electrons. The second-order valence-corrected chi connectivity index (χ2v) is 7.77. The summed E-state index contributed by atoms with van der Waals surface area (Å²) >= 11 is 0. The van der Waals surface area contributed by atoms with Crippen LogP contribution in [0.15, 0.2) is 48.5 Å². The molecule has 3 amide bonds. The van der Waals surface area contributed by atoms with Gasteiger partial charge < -0.3 is 21.3 Å². The second kappa shape index (κ2) is 11.2. The van der Waals surface area contributed by atoms with Crippen molar-refractivity contribution in [2.24, 2.45) is 0 Å². The van der Waals surface area contributed by atoms with Crippen LogP contribution in [0.25, 0.3) is 0 Å². The van der Waals surface area contributed by atoms with Crippen molar-refractivity contribution in [3.63, 3.8) is 0 Å². The van der Waals surface area contributed by atoms with Crippen molar-refractivity contribution in [1.29, 1.82) is 0 Å². The van der Waals surface area contributed by atoms with Gasteiger partial charge in [-0.15, -0.1) is 0 Å². The topological polar surface area (TPSA) is 99.3 Å². The van der Waals surface area contributed by atoms with Crippen molar-refractivity contribution in [3.8, 4) is 0 Å². The Bertz CT molecular complexity index is 888. The summed E-state index contributed by atoms with van der Waals surface area (Å²) in [5.41, 5.74) is 2.73. The molecule has 2 aromatic carbocycles. The molecule has 7 nitrogen and oxygen atoms in total. The molecule has 4 N–H and O–H groups in total. The Morgan fingerprint density at radius 2 is 1.32 bits per heavy atom. The van der Waals surface area contributed by atoms with Crippen molar-refractivity contribution in [1.82, 2.24) is 5.32 Å². The molecule has 1 aliphatic carbocycles. The predicted molar refractivity (Wildman–Crippen MR) is 123 cm³/mol. The van der Waals surface area contributed by atoms with E-state index in [4.69, 9.17) is 0 Å². The number of carbonyl (C=O) groups excluding carboxylic acids is 3. The standard InChI is InChI=1S/C24H30N4O3/c1-2-22(29)26-21-14-12-18(13-15-21)25-16-23(30)27-20-10-8-17(9-11-20)24(31)28-19-6-4-3-5-7-19/h8-15,19,25H,2-7,16H2,1H3,(H,26,29)(H,27,30)(H,28,31). The molecule has 3 rings (SSSR count). The lowest BCUT2D eigenvalue weighted by atomic mass is 9.95. The number of rotatable bonds is 8. The van der Waals surface area contributed by atoms with Crippen LogP contribution in [0.1, 0.15) is 55.8 Å². The van der Waals surface area contributed by atoms with Gasteiger partial charge in [0.1, 0.15) is 0 Å². The van der Waals surface area contributed by atoms with Crippen molar-refractivity contribution in [3.05, 3.63) is 54.1 Å². The van der Waals surface area contributed by atoms with Crippen LogP contribution in [0.5, 0.6) is 0 Å². The van der Waals surface area contributed by atoms with E-state index < -0.39 is 0 Å². The highest BCUT2D eigenvalue weighted by Gasteiger charge is 2.16. The highest BCUT2D eigenvalue weighted by atomic mass is 16.2. The predicted octanol–water partition coefficient (Wildman–Crippen LogP) is 4.15. The lowest BCUT2D eigenvalue weighted by Crippen LogP contribution is -2.36. The third kappa shape index (κ3) is 7.13. The zero-order valence-corrected chi connectivity index (χ0v) is 17.9. The molecule has 1 fully saturated rings. The molecule has 0 radical (unpaired) electrons. The summed E-state index contributed by atoms with van der Waals surface area (Å²) in [6, 6.07) is 14.4. The molecule has 0 spiro atoms. The number of carbonyl (C=O) groups is 3. The maximum absolute atomic E-state index is 12.4. The average molecular weight is 423 g/mol. The minimum Gasteiger partial charge on any atom is -0.376 e. The van der Waals surface area contributed by atoms with Gasteiger partial charge in [-0.1, -0.05) is 26.2 Å². The Labute approximate surface area is 183 Å². The van der Waals surface area contributed by atoms with Gasteiger partial charge in [-0.05, 0) is 61.4 Å². The van der Waals surface area contributed by atoms with Crippen molar-refractivity contribution in [2.75, 3.05) is 22.5 Å². The number of amides is 3. The summed E-state index contributed by atoms with van der Waals surface area (Å²) in [5.74, 6) is -0.301. The van der Waals surface area contributed by atoms with Crippen LogP contribution < -0.4 is 21.3 Å². The SMILES string of the molecule is CCC(=O)Nc1ccc(NCC(=O)Nc2ccc(C(=O)NC3CCCCC3)cc2)cc1. The average Bonchev–Trinajstić information content (AvgIpc) is 2.79. The van der Waals surface area contributed by atoms with E-state index in [9.17, 15) is 14.4 Å². The van der Waals surface area contributed by atoms with Gasteiger partial charge in [0.2, 0.25) is 11.8 Å². The Kier molecular flexibility index (Phi) is 8.04. The van der Waals surface area contributed by atoms with Crippen LogP contribution in [0, 0.1) is 0 Å². The van der Waals surface area contributed by atoms with Crippen molar-refractivity contribution >= 4 is 34.8 Å². The molecule has 0 aromatic heterocycles. The summed E-state index contributed by atoms with van der Waals surface area (Å²) in [7, 11) is 0. The Morgan fingerprint density at radius 1 is 0.774 bits per heavy atom. The van der Waals surface area contributed by atoms with Gasteiger partial charge >= 0.3 is 0 Å². The molecule has 31 heavy (non-hydrogen) atoms. The summed E-state index contributed by atoms with van der Waals surface area (Å²) < 4.78 is 0. The molecule has 0 saturated heterocycles. The normalized spacial score (nSPS) is 13.8. The molecule has 1 aliphatic rings. The van der Waals surface area contributed by atoms with Crippen LogP contribution in [0.3, 0.4) is 0 Å². The molecule has 0 atom stereocenters. The van der Waals surface area contributed by atoms with Crippen LogP contribution >= 0.6 is 0 Å². The smallest absolute Gasteiger partial charge is 0.251 e. The number of nitrogens with one attached hydrogen (secondary N) is 4. The third-order valence-corrected chi connectivity index (χ3v) is 5.31. The van der Waals surface area contributed by atoms with Gasteiger partial charge in [-0.25, -0.2) is 0 Å². The summed E-state index contributed by atoms with van der Waals surface area (Å²) in [5, 5.41) is 11.7. The highest BCUT2D eigenvalue weighted by Crippen LogP contribution is 2.18.